The van der Waals surface area contributed by atoms with Crippen molar-refractivity contribution in [3.05, 3.63) is 53.4 Å². The van der Waals surface area contributed by atoms with Crippen LogP contribution in [-0.4, -0.2) is 14.6 Å². The molecule has 0 fully saturated rings. The van der Waals surface area contributed by atoms with Gasteiger partial charge in [0.25, 0.3) is 0 Å². The molecule has 128 valence electrons. The van der Waals surface area contributed by atoms with Gasteiger partial charge in [-0.15, -0.1) is 5.10 Å². The second-order valence-electron chi connectivity index (χ2n) is 6.41. The number of aromatic nitrogens is 3. The number of halogens is 2. The maximum atomic E-state index is 13.6. The van der Waals surface area contributed by atoms with Crippen LogP contribution in [0.3, 0.4) is 0 Å². The highest BCUT2D eigenvalue weighted by Gasteiger charge is 2.26. The summed E-state index contributed by atoms with van der Waals surface area (Å²) in [5, 5.41) is 4.44. The number of anilines is 1. The molecule has 1 aliphatic carbocycles. The monoisotopic (exact) mass is 340 g/mol. The molecule has 4 rings (SSSR count). The first-order valence-corrected chi connectivity index (χ1v) is 8.34. The smallest absolute Gasteiger partial charge is 0.165 e. The van der Waals surface area contributed by atoms with Gasteiger partial charge in [-0.3, -0.25) is 0 Å². The van der Waals surface area contributed by atoms with Crippen LogP contribution in [0.15, 0.2) is 30.5 Å². The predicted octanol–water partition coefficient (Wildman–Crippen LogP) is 4.56. The number of hydrogen-bond donors (Lipinski definition) is 1. The van der Waals surface area contributed by atoms with Crippen LogP contribution in [0.2, 0.25) is 0 Å². The molecule has 2 aromatic heterocycles. The summed E-state index contributed by atoms with van der Waals surface area (Å²) in [5.74, 6) is -1.37. The van der Waals surface area contributed by atoms with E-state index in [2.05, 4.69) is 30.0 Å². The van der Waals surface area contributed by atoms with Crippen LogP contribution in [0.25, 0.3) is 22.3 Å². The molecule has 6 heteroatoms. The third-order valence-electron chi connectivity index (χ3n) is 4.66. The highest BCUT2D eigenvalue weighted by Crippen LogP contribution is 2.40. The highest BCUT2D eigenvalue weighted by atomic mass is 19.2. The fourth-order valence-electron chi connectivity index (χ4n) is 3.59. The van der Waals surface area contributed by atoms with Gasteiger partial charge in [-0.1, -0.05) is 32.4 Å². The van der Waals surface area contributed by atoms with Crippen LogP contribution in [0.5, 0.6) is 0 Å². The lowest BCUT2D eigenvalue weighted by atomic mass is 10.1. The van der Waals surface area contributed by atoms with E-state index in [9.17, 15) is 8.78 Å². The Morgan fingerprint density at radius 3 is 2.76 bits per heavy atom. The molecule has 0 saturated heterocycles. The van der Waals surface area contributed by atoms with Gasteiger partial charge in [-0.2, -0.15) is 0 Å². The van der Waals surface area contributed by atoms with Crippen molar-refractivity contribution in [1.29, 1.82) is 0 Å². The van der Waals surface area contributed by atoms with Crippen molar-refractivity contribution in [1.82, 2.24) is 14.6 Å². The lowest BCUT2D eigenvalue weighted by Gasteiger charge is -2.09. The van der Waals surface area contributed by atoms with E-state index in [0.29, 0.717) is 16.8 Å². The minimum Gasteiger partial charge on any atom is -0.382 e. The number of nitrogen functional groups attached to an aromatic ring is 1. The number of nitrogens with two attached hydrogens (primary N) is 1. The van der Waals surface area contributed by atoms with E-state index < -0.39 is 11.6 Å². The van der Waals surface area contributed by atoms with Crippen LogP contribution < -0.4 is 5.73 Å². The minimum absolute atomic E-state index is 0.194. The van der Waals surface area contributed by atoms with Crippen molar-refractivity contribution in [2.24, 2.45) is 0 Å². The predicted molar refractivity (Wildman–Crippen MR) is 94.1 cm³/mol. The molecule has 1 aromatic carbocycles. The van der Waals surface area contributed by atoms with Gasteiger partial charge in [-0.25, -0.2) is 18.3 Å². The van der Waals surface area contributed by atoms with E-state index in [1.165, 1.54) is 11.6 Å². The maximum absolute atomic E-state index is 13.6. The van der Waals surface area contributed by atoms with Gasteiger partial charge in [0.2, 0.25) is 0 Å². The van der Waals surface area contributed by atoms with Gasteiger partial charge in [0, 0.05) is 17.7 Å². The largest absolute Gasteiger partial charge is 0.382 e. The van der Waals surface area contributed by atoms with Gasteiger partial charge in [0.15, 0.2) is 23.1 Å². The Morgan fingerprint density at radius 2 is 2.04 bits per heavy atom. The standard InChI is InChI=1S/C19H18F2N4/c1-3-4-11-7-10(2)17-13(11)9-23-19-16(18(22)24-25(17)19)12-5-6-14(20)15(21)8-12/h5-10H,3-4H2,1-2H3,(H2,22,24). The van der Waals surface area contributed by atoms with Crippen LogP contribution >= 0.6 is 0 Å². The number of hydrogen-bond acceptors (Lipinski definition) is 3. The summed E-state index contributed by atoms with van der Waals surface area (Å²) in [7, 11) is 0. The molecule has 0 spiro atoms. The quantitative estimate of drug-likeness (QED) is 0.760. The summed E-state index contributed by atoms with van der Waals surface area (Å²) in [6.45, 7) is 4.25. The van der Waals surface area contributed by atoms with Crippen molar-refractivity contribution in [2.75, 3.05) is 5.73 Å². The lowest BCUT2D eigenvalue weighted by molar-refractivity contribution is 0.509. The summed E-state index contributed by atoms with van der Waals surface area (Å²) in [6.07, 6.45) is 6.10. The lowest BCUT2D eigenvalue weighted by Crippen LogP contribution is -2.03. The number of benzene rings is 1. The molecular formula is C19H18F2N4. The van der Waals surface area contributed by atoms with Crippen molar-refractivity contribution >= 4 is 17.0 Å². The molecule has 0 bridgehead atoms. The van der Waals surface area contributed by atoms with Crippen LogP contribution in [0.1, 0.15) is 43.9 Å². The summed E-state index contributed by atoms with van der Waals surface area (Å²) in [4.78, 5) is 4.53. The SMILES string of the molecule is CCCC1=CC(C)c2c1cnc1c(-c3ccc(F)c(F)c3)c(N)nn21. The van der Waals surface area contributed by atoms with Crippen LogP contribution in [0, 0.1) is 11.6 Å². The number of fused-ring (bicyclic) bond motifs is 3. The average molecular weight is 340 g/mol. The van der Waals surface area contributed by atoms with Crippen molar-refractivity contribution in [3.63, 3.8) is 0 Å². The fourth-order valence-corrected chi connectivity index (χ4v) is 3.59. The molecule has 1 unspecified atom stereocenters. The van der Waals surface area contributed by atoms with Crippen molar-refractivity contribution in [3.8, 4) is 11.1 Å². The van der Waals surface area contributed by atoms with Gasteiger partial charge in [0.1, 0.15) is 0 Å². The van der Waals surface area contributed by atoms with Gasteiger partial charge >= 0.3 is 0 Å². The average Bonchev–Trinajstić information content (AvgIpc) is 3.07. The second-order valence-corrected chi connectivity index (χ2v) is 6.41. The van der Waals surface area contributed by atoms with E-state index in [1.807, 2.05) is 6.20 Å². The molecule has 0 amide bonds. The van der Waals surface area contributed by atoms with E-state index in [1.54, 1.807) is 4.52 Å². The van der Waals surface area contributed by atoms with Gasteiger partial charge in [-0.05, 0) is 29.7 Å². The maximum Gasteiger partial charge on any atom is 0.165 e. The molecule has 1 aliphatic rings. The Labute approximate surface area is 144 Å². The van der Waals surface area contributed by atoms with E-state index in [-0.39, 0.29) is 11.7 Å². The third-order valence-corrected chi connectivity index (χ3v) is 4.66. The van der Waals surface area contributed by atoms with E-state index in [0.717, 1.165) is 36.2 Å². The summed E-state index contributed by atoms with van der Waals surface area (Å²) in [6, 6.07) is 3.71. The Balaban J connectivity index is 1.94. The van der Waals surface area contributed by atoms with Crippen molar-refractivity contribution < 1.29 is 8.78 Å². The summed E-state index contributed by atoms with van der Waals surface area (Å²) < 4.78 is 28.6. The number of nitrogens with zero attached hydrogens (tertiary/aromatic N) is 3. The second kappa shape index (κ2) is 5.65. The van der Waals surface area contributed by atoms with Crippen LogP contribution in [-0.2, 0) is 0 Å². The zero-order valence-corrected chi connectivity index (χ0v) is 14.1. The molecule has 4 nitrogen and oxygen atoms in total. The minimum atomic E-state index is -0.919. The molecule has 1 atom stereocenters. The molecular weight excluding hydrogens is 322 g/mol. The Hall–Kier alpha value is -2.76. The Kier molecular flexibility index (Phi) is 3.56. The fraction of sp³-hybridized carbons (Fsp3) is 0.263. The van der Waals surface area contributed by atoms with Gasteiger partial charge in [0.05, 0.1) is 11.3 Å². The Morgan fingerprint density at radius 1 is 1.24 bits per heavy atom. The first kappa shape index (κ1) is 15.7. The Bertz CT molecular complexity index is 1020. The highest BCUT2D eigenvalue weighted by molar-refractivity contribution is 5.87. The molecule has 0 radical (unpaired) electrons. The number of rotatable bonds is 3. The molecule has 2 heterocycles. The zero-order chi connectivity index (χ0) is 17.7. The van der Waals surface area contributed by atoms with Crippen LogP contribution in [0.4, 0.5) is 14.6 Å². The molecule has 0 saturated carbocycles. The van der Waals surface area contributed by atoms with E-state index >= 15 is 0 Å². The van der Waals surface area contributed by atoms with E-state index in [4.69, 9.17) is 5.73 Å². The number of allylic oxidation sites excluding steroid dienone is 2. The van der Waals surface area contributed by atoms with Crippen molar-refractivity contribution in [2.45, 2.75) is 32.6 Å². The third kappa shape index (κ3) is 2.32. The van der Waals surface area contributed by atoms with Gasteiger partial charge < -0.3 is 5.73 Å². The first-order valence-electron chi connectivity index (χ1n) is 8.34. The molecule has 2 N–H and O–H groups in total. The summed E-state index contributed by atoms with van der Waals surface area (Å²) >= 11 is 0. The normalized spacial score (nSPS) is 16.3. The summed E-state index contributed by atoms with van der Waals surface area (Å²) in [5.41, 5.74) is 11.0. The topological polar surface area (TPSA) is 56.2 Å². The molecule has 25 heavy (non-hydrogen) atoms. The molecule has 3 aromatic rings. The first-order chi connectivity index (χ1) is 12.0. The zero-order valence-electron chi connectivity index (χ0n) is 14.1. The molecule has 0 aliphatic heterocycles.